The van der Waals surface area contributed by atoms with Gasteiger partial charge in [0.1, 0.15) is 0 Å². The van der Waals surface area contributed by atoms with Gasteiger partial charge < -0.3 is 10.2 Å². The standard InChI is InChI=1S/C17H17N3/c1-12-14-7-3-5-9-16(14)19-17-18-15-8-4-2-6-13(15)10-11-20(12)17/h2-9,12H,10-11H2,1H3,(H,18,19). The lowest BCUT2D eigenvalue weighted by molar-refractivity contribution is 0.336. The average molecular weight is 263 g/mol. The summed E-state index contributed by atoms with van der Waals surface area (Å²) in [5, 5.41) is 3.49. The molecule has 2 aromatic rings. The molecule has 3 nitrogen and oxygen atoms in total. The van der Waals surface area contributed by atoms with Gasteiger partial charge in [0.15, 0.2) is 0 Å². The zero-order chi connectivity index (χ0) is 13.5. The quantitative estimate of drug-likeness (QED) is 0.784. The molecule has 0 aliphatic carbocycles. The number of hydrogen-bond donors (Lipinski definition) is 1. The monoisotopic (exact) mass is 263 g/mol. The van der Waals surface area contributed by atoms with E-state index >= 15 is 0 Å². The first-order valence-corrected chi connectivity index (χ1v) is 7.12. The molecule has 0 aromatic heterocycles. The SMILES string of the molecule is CC1c2ccccc2NC2=Nc3ccccc3CCN21. The number of rotatable bonds is 0. The maximum absolute atomic E-state index is 4.84. The maximum atomic E-state index is 4.84. The first-order valence-electron chi connectivity index (χ1n) is 7.12. The first kappa shape index (κ1) is 11.5. The van der Waals surface area contributed by atoms with E-state index in [1.54, 1.807) is 0 Å². The highest BCUT2D eigenvalue weighted by Crippen LogP contribution is 2.35. The number of aliphatic imine (C=N–C) groups is 1. The third kappa shape index (κ3) is 1.70. The largest absolute Gasteiger partial charge is 0.335 e. The molecule has 2 aliphatic heterocycles. The van der Waals surface area contributed by atoms with Gasteiger partial charge >= 0.3 is 0 Å². The summed E-state index contributed by atoms with van der Waals surface area (Å²) in [5.41, 5.74) is 4.93. The highest BCUT2D eigenvalue weighted by atomic mass is 15.3. The van der Waals surface area contributed by atoms with Crippen molar-refractivity contribution >= 4 is 17.3 Å². The van der Waals surface area contributed by atoms with E-state index < -0.39 is 0 Å². The average Bonchev–Trinajstić information content (AvgIpc) is 2.66. The molecule has 2 aromatic carbocycles. The predicted molar refractivity (Wildman–Crippen MR) is 82.4 cm³/mol. The lowest BCUT2D eigenvalue weighted by atomic mass is 10.0. The molecule has 0 radical (unpaired) electrons. The fourth-order valence-corrected chi connectivity index (χ4v) is 3.10. The number of hydrogen-bond acceptors (Lipinski definition) is 3. The van der Waals surface area contributed by atoms with E-state index in [2.05, 4.69) is 65.7 Å². The summed E-state index contributed by atoms with van der Waals surface area (Å²) in [4.78, 5) is 7.21. The van der Waals surface area contributed by atoms with Gasteiger partial charge in [0.2, 0.25) is 5.96 Å². The first-order chi connectivity index (χ1) is 9.83. The summed E-state index contributed by atoms with van der Waals surface area (Å²) < 4.78 is 0. The Balaban J connectivity index is 1.83. The zero-order valence-corrected chi connectivity index (χ0v) is 11.5. The van der Waals surface area contributed by atoms with Gasteiger partial charge in [0, 0.05) is 12.2 Å². The van der Waals surface area contributed by atoms with Crippen LogP contribution in [0.2, 0.25) is 0 Å². The van der Waals surface area contributed by atoms with Gasteiger partial charge in [-0.05, 0) is 36.6 Å². The van der Waals surface area contributed by atoms with Gasteiger partial charge in [-0.25, -0.2) is 4.99 Å². The molecule has 1 atom stereocenters. The van der Waals surface area contributed by atoms with Crippen molar-refractivity contribution in [1.82, 2.24) is 4.90 Å². The minimum absolute atomic E-state index is 0.362. The van der Waals surface area contributed by atoms with Crippen molar-refractivity contribution in [3.05, 3.63) is 59.7 Å². The van der Waals surface area contributed by atoms with Crippen molar-refractivity contribution in [2.75, 3.05) is 11.9 Å². The van der Waals surface area contributed by atoms with E-state index in [0.717, 1.165) is 24.6 Å². The van der Waals surface area contributed by atoms with Crippen LogP contribution in [0.3, 0.4) is 0 Å². The number of para-hydroxylation sites is 2. The lowest BCUT2D eigenvalue weighted by Crippen LogP contribution is -2.42. The number of nitrogens with zero attached hydrogens (tertiary/aromatic N) is 2. The highest BCUT2D eigenvalue weighted by molar-refractivity contribution is 5.98. The zero-order valence-electron chi connectivity index (χ0n) is 11.5. The fourth-order valence-electron chi connectivity index (χ4n) is 3.10. The molecular weight excluding hydrogens is 246 g/mol. The number of benzene rings is 2. The summed E-state index contributed by atoms with van der Waals surface area (Å²) in [6, 6.07) is 17.3. The van der Waals surface area contributed by atoms with E-state index in [9.17, 15) is 0 Å². The Bertz CT molecular complexity index is 690. The molecule has 0 amide bonds. The van der Waals surface area contributed by atoms with E-state index in [0.29, 0.717) is 6.04 Å². The van der Waals surface area contributed by atoms with E-state index in [1.807, 2.05) is 0 Å². The Morgan fingerprint density at radius 3 is 2.85 bits per heavy atom. The summed E-state index contributed by atoms with van der Waals surface area (Å²) in [6.07, 6.45) is 1.04. The fraction of sp³-hybridized carbons (Fsp3) is 0.235. The van der Waals surface area contributed by atoms with E-state index in [4.69, 9.17) is 4.99 Å². The summed E-state index contributed by atoms with van der Waals surface area (Å²) in [7, 11) is 0. The van der Waals surface area contributed by atoms with Crippen LogP contribution in [0.25, 0.3) is 0 Å². The van der Waals surface area contributed by atoms with E-state index in [-0.39, 0.29) is 0 Å². The highest BCUT2D eigenvalue weighted by Gasteiger charge is 2.29. The van der Waals surface area contributed by atoms with Gasteiger partial charge in [-0.3, -0.25) is 0 Å². The minimum Gasteiger partial charge on any atom is -0.335 e. The molecule has 0 spiro atoms. The van der Waals surface area contributed by atoms with Crippen LogP contribution in [0.1, 0.15) is 24.1 Å². The smallest absolute Gasteiger partial charge is 0.204 e. The Morgan fingerprint density at radius 2 is 1.90 bits per heavy atom. The molecule has 2 aliphatic rings. The van der Waals surface area contributed by atoms with Gasteiger partial charge in [-0.15, -0.1) is 0 Å². The number of nitrogens with one attached hydrogen (secondary N) is 1. The molecular formula is C17H17N3. The second-order valence-electron chi connectivity index (χ2n) is 5.40. The van der Waals surface area contributed by atoms with Crippen molar-refractivity contribution in [2.24, 2.45) is 4.99 Å². The summed E-state index contributed by atoms with van der Waals surface area (Å²) >= 11 is 0. The Morgan fingerprint density at radius 1 is 1.10 bits per heavy atom. The maximum Gasteiger partial charge on any atom is 0.204 e. The lowest BCUT2D eigenvalue weighted by Gasteiger charge is -2.37. The molecule has 20 heavy (non-hydrogen) atoms. The molecule has 1 unspecified atom stereocenters. The van der Waals surface area contributed by atoms with Crippen LogP contribution in [0.4, 0.5) is 11.4 Å². The van der Waals surface area contributed by atoms with Crippen LogP contribution in [0.15, 0.2) is 53.5 Å². The van der Waals surface area contributed by atoms with Crippen LogP contribution in [-0.4, -0.2) is 17.4 Å². The summed E-state index contributed by atoms with van der Waals surface area (Å²) in [5.74, 6) is 0.973. The van der Waals surface area contributed by atoms with Crippen LogP contribution in [-0.2, 0) is 6.42 Å². The van der Waals surface area contributed by atoms with Crippen molar-refractivity contribution in [3.63, 3.8) is 0 Å². The Hall–Kier alpha value is -2.29. The van der Waals surface area contributed by atoms with Crippen LogP contribution in [0, 0.1) is 0 Å². The normalized spacial score (nSPS) is 19.9. The van der Waals surface area contributed by atoms with Gasteiger partial charge in [0.05, 0.1) is 11.7 Å². The Labute approximate surface area is 119 Å². The second-order valence-corrected chi connectivity index (χ2v) is 5.40. The minimum atomic E-state index is 0.362. The number of fused-ring (bicyclic) bond motifs is 3. The van der Waals surface area contributed by atoms with Gasteiger partial charge in [0.25, 0.3) is 0 Å². The van der Waals surface area contributed by atoms with Crippen molar-refractivity contribution < 1.29 is 0 Å². The molecule has 2 heterocycles. The molecule has 3 heteroatoms. The third-order valence-corrected chi connectivity index (χ3v) is 4.24. The molecule has 1 N–H and O–H groups in total. The van der Waals surface area contributed by atoms with Crippen molar-refractivity contribution in [1.29, 1.82) is 0 Å². The topological polar surface area (TPSA) is 27.6 Å². The van der Waals surface area contributed by atoms with E-state index in [1.165, 1.54) is 16.8 Å². The van der Waals surface area contributed by atoms with Crippen molar-refractivity contribution in [2.45, 2.75) is 19.4 Å². The third-order valence-electron chi connectivity index (χ3n) is 4.24. The van der Waals surface area contributed by atoms with Crippen molar-refractivity contribution in [3.8, 4) is 0 Å². The molecule has 0 saturated carbocycles. The van der Waals surface area contributed by atoms with Gasteiger partial charge in [-0.2, -0.15) is 0 Å². The predicted octanol–water partition coefficient (Wildman–Crippen LogP) is 3.72. The van der Waals surface area contributed by atoms with Gasteiger partial charge in [-0.1, -0.05) is 36.4 Å². The van der Waals surface area contributed by atoms with Crippen LogP contribution < -0.4 is 5.32 Å². The number of anilines is 1. The molecule has 100 valence electrons. The summed E-state index contributed by atoms with van der Waals surface area (Å²) in [6.45, 7) is 3.25. The molecule has 4 rings (SSSR count). The second kappa shape index (κ2) is 4.37. The molecule has 0 fully saturated rings. The number of guanidine groups is 1. The Kier molecular flexibility index (Phi) is 2.52. The van der Waals surface area contributed by atoms with Crippen LogP contribution in [0.5, 0.6) is 0 Å². The molecule has 0 saturated heterocycles. The van der Waals surface area contributed by atoms with Crippen LogP contribution >= 0.6 is 0 Å². The molecule has 0 bridgehead atoms.